The Hall–Kier alpha value is -2.23. The summed E-state index contributed by atoms with van der Waals surface area (Å²) >= 11 is 11.9. The second-order valence-electron chi connectivity index (χ2n) is 5.57. The van der Waals surface area contributed by atoms with Crippen LogP contribution in [0.5, 0.6) is 0 Å². The number of rotatable bonds is 4. The first kappa shape index (κ1) is 19.1. The highest BCUT2D eigenvalue weighted by atomic mass is 35.5. The Morgan fingerprint density at radius 1 is 1.44 bits per heavy atom. The quantitative estimate of drug-likeness (QED) is 0.492. The molecule has 0 radical (unpaired) electrons. The lowest BCUT2D eigenvalue weighted by Gasteiger charge is -2.24. The summed E-state index contributed by atoms with van der Waals surface area (Å²) in [6.07, 6.45) is 0.901. The molecule has 25 heavy (non-hydrogen) atoms. The van der Waals surface area contributed by atoms with Crippen LogP contribution in [0.1, 0.15) is 18.4 Å². The van der Waals surface area contributed by atoms with E-state index in [0.717, 1.165) is 0 Å². The molecule has 8 heteroatoms. The molecule has 1 unspecified atom stereocenters. The van der Waals surface area contributed by atoms with Gasteiger partial charge in [-0.25, -0.2) is 4.79 Å². The summed E-state index contributed by atoms with van der Waals surface area (Å²) in [6.45, 7) is 0. The number of hydrogen-bond acceptors (Lipinski definition) is 5. The fourth-order valence-electron chi connectivity index (χ4n) is 2.71. The molecule has 1 aromatic rings. The van der Waals surface area contributed by atoms with Crippen molar-refractivity contribution >= 4 is 35.1 Å². The maximum atomic E-state index is 12.3. The van der Waals surface area contributed by atoms with Gasteiger partial charge in [-0.05, 0) is 30.5 Å². The van der Waals surface area contributed by atoms with Gasteiger partial charge in [0.1, 0.15) is 12.2 Å². The highest BCUT2D eigenvalue weighted by Gasteiger charge is 2.31. The van der Waals surface area contributed by atoms with E-state index in [1.807, 2.05) is 6.07 Å². The fraction of sp³-hybridized carbons (Fsp3) is 0.353. The number of ether oxygens (including phenoxy) is 1. The minimum Gasteiger partial charge on any atom is -0.465 e. The first-order chi connectivity index (χ1) is 11.9. The number of carbonyl (C=O) groups excluding carboxylic acids is 2. The lowest BCUT2D eigenvalue weighted by atomic mass is 10.1. The average molecular weight is 382 g/mol. The molecule has 0 aromatic heterocycles. The highest BCUT2D eigenvalue weighted by molar-refractivity contribution is 6.35. The van der Waals surface area contributed by atoms with Crippen LogP contribution in [-0.4, -0.2) is 37.1 Å². The van der Waals surface area contributed by atoms with Crippen molar-refractivity contribution in [2.24, 2.45) is 0 Å². The van der Waals surface area contributed by atoms with E-state index in [-0.39, 0.29) is 24.1 Å². The molecule has 1 aromatic carbocycles. The van der Waals surface area contributed by atoms with Gasteiger partial charge in [0.2, 0.25) is 5.91 Å². The number of likely N-dealkylation sites (tertiary alicyclic amines) is 1. The number of amides is 1. The molecule has 1 fully saturated rings. The van der Waals surface area contributed by atoms with Crippen molar-refractivity contribution < 1.29 is 14.3 Å². The van der Waals surface area contributed by atoms with Crippen LogP contribution in [0.15, 0.2) is 29.5 Å². The summed E-state index contributed by atoms with van der Waals surface area (Å²) in [5.41, 5.74) is 1.19. The number of nitrogens with one attached hydrogen (secondary N) is 1. The smallest absolute Gasteiger partial charge is 0.350 e. The molecule has 1 heterocycles. The van der Waals surface area contributed by atoms with E-state index in [2.05, 4.69) is 10.1 Å². The van der Waals surface area contributed by atoms with Gasteiger partial charge in [0, 0.05) is 22.8 Å². The molecule has 0 aliphatic carbocycles. The molecule has 0 bridgehead atoms. The summed E-state index contributed by atoms with van der Waals surface area (Å²) in [7, 11) is 2.95. The summed E-state index contributed by atoms with van der Waals surface area (Å²) in [5.74, 6) is -0.886. The lowest BCUT2D eigenvalue weighted by Crippen LogP contribution is -2.42. The first-order valence-electron chi connectivity index (χ1n) is 7.55. The van der Waals surface area contributed by atoms with Crippen molar-refractivity contribution in [3.05, 3.63) is 45.1 Å². The molecule has 1 atom stereocenters. The number of halogens is 2. The summed E-state index contributed by atoms with van der Waals surface area (Å²) in [6, 6.07) is 6.84. The summed E-state index contributed by atoms with van der Waals surface area (Å²) in [5, 5.41) is 13.0. The minimum atomic E-state index is -0.677. The number of esters is 1. The maximum absolute atomic E-state index is 12.3. The largest absolute Gasteiger partial charge is 0.465 e. The predicted octanol–water partition coefficient (Wildman–Crippen LogP) is 2.65. The van der Waals surface area contributed by atoms with Crippen molar-refractivity contribution in [1.29, 1.82) is 5.26 Å². The van der Waals surface area contributed by atoms with Crippen LogP contribution in [-0.2, 0) is 20.7 Å². The molecule has 1 N–H and O–H groups in total. The number of methoxy groups -OCH3 is 1. The van der Waals surface area contributed by atoms with Gasteiger partial charge in [0.05, 0.1) is 13.5 Å². The number of hydrogen-bond donors (Lipinski definition) is 1. The molecular formula is C17H17Cl2N3O3. The van der Waals surface area contributed by atoms with Crippen molar-refractivity contribution in [3.63, 3.8) is 0 Å². The van der Waals surface area contributed by atoms with E-state index in [1.165, 1.54) is 7.11 Å². The Labute approximate surface area is 155 Å². The number of allylic oxidation sites excluding steroid dienone is 1. The molecule has 0 saturated carbocycles. The molecule has 2 rings (SSSR count). The number of carbonyl (C=O) groups is 2. The van der Waals surface area contributed by atoms with Crippen molar-refractivity contribution in [3.8, 4) is 6.07 Å². The molecule has 132 valence electrons. The third kappa shape index (κ3) is 4.44. The molecule has 6 nitrogen and oxygen atoms in total. The van der Waals surface area contributed by atoms with Gasteiger partial charge >= 0.3 is 5.97 Å². The molecule has 1 amide bonds. The highest BCUT2D eigenvalue weighted by Crippen LogP contribution is 2.27. The average Bonchev–Trinajstić information content (AvgIpc) is 2.92. The summed E-state index contributed by atoms with van der Waals surface area (Å²) < 4.78 is 4.62. The normalized spacial score (nSPS) is 18.5. The molecule has 0 spiro atoms. The van der Waals surface area contributed by atoms with Gasteiger partial charge in [-0.2, -0.15) is 5.26 Å². The Balaban J connectivity index is 2.06. The van der Waals surface area contributed by atoms with Crippen molar-refractivity contribution in [1.82, 2.24) is 10.2 Å². The van der Waals surface area contributed by atoms with Crippen LogP contribution in [0.2, 0.25) is 10.0 Å². The standard InChI is InChI=1S/C17H17Cl2N3O3/c1-22-14(12(9-20)17(24)25-2)5-6-15(22)21-16(23)7-10-3-4-11(18)8-13(10)19/h3-4,8,15H,5-7H2,1-2H3,(H,21,23)/b14-12-. The molecule has 1 aliphatic heterocycles. The van der Waals surface area contributed by atoms with Gasteiger partial charge in [0.25, 0.3) is 0 Å². The van der Waals surface area contributed by atoms with Crippen LogP contribution in [0.25, 0.3) is 0 Å². The van der Waals surface area contributed by atoms with Gasteiger partial charge in [-0.15, -0.1) is 0 Å². The molecular weight excluding hydrogens is 365 g/mol. The second-order valence-corrected chi connectivity index (χ2v) is 6.41. The zero-order valence-corrected chi connectivity index (χ0v) is 15.3. The Kier molecular flexibility index (Phi) is 6.29. The third-order valence-corrected chi connectivity index (χ3v) is 4.62. The van der Waals surface area contributed by atoms with Gasteiger partial charge in [-0.3, -0.25) is 4.79 Å². The Morgan fingerprint density at radius 2 is 2.16 bits per heavy atom. The Morgan fingerprint density at radius 3 is 2.76 bits per heavy atom. The van der Waals surface area contributed by atoms with Gasteiger partial charge < -0.3 is 15.0 Å². The minimum absolute atomic E-state index is 0.0394. The monoisotopic (exact) mass is 381 g/mol. The lowest BCUT2D eigenvalue weighted by molar-refractivity contribution is -0.135. The third-order valence-electron chi connectivity index (χ3n) is 4.03. The van der Waals surface area contributed by atoms with E-state index in [4.69, 9.17) is 23.2 Å². The number of nitriles is 1. The SMILES string of the molecule is COC(=O)/C(C#N)=C1/CCC(NC(=O)Cc2ccc(Cl)cc2Cl)N1C. The van der Waals surface area contributed by atoms with E-state index in [9.17, 15) is 14.9 Å². The second kappa shape index (κ2) is 8.24. The van der Waals surface area contributed by atoms with E-state index < -0.39 is 5.97 Å². The van der Waals surface area contributed by atoms with Crippen LogP contribution < -0.4 is 5.32 Å². The Bertz CT molecular complexity index is 771. The zero-order chi connectivity index (χ0) is 18.6. The van der Waals surface area contributed by atoms with E-state index in [0.29, 0.717) is 34.1 Å². The van der Waals surface area contributed by atoms with Gasteiger partial charge in [0.15, 0.2) is 5.57 Å². The van der Waals surface area contributed by atoms with Crippen molar-refractivity contribution in [2.75, 3.05) is 14.2 Å². The topological polar surface area (TPSA) is 82.4 Å². The number of benzene rings is 1. The van der Waals surface area contributed by atoms with Crippen LogP contribution in [0.4, 0.5) is 0 Å². The molecule has 1 saturated heterocycles. The van der Waals surface area contributed by atoms with Crippen LogP contribution in [0, 0.1) is 11.3 Å². The van der Waals surface area contributed by atoms with Crippen LogP contribution >= 0.6 is 23.2 Å². The fourth-order valence-corrected chi connectivity index (χ4v) is 3.18. The van der Waals surface area contributed by atoms with E-state index >= 15 is 0 Å². The van der Waals surface area contributed by atoms with Gasteiger partial charge in [-0.1, -0.05) is 29.3 Å². The summed E-state index contributed by atoms with van der Waals surface area (Å²) in [4.78, 5) is 25.7. The zero-order valence-electron chi connectivity index (χ0n) is 13.8. The maximum Gasteiger partial charge on any atom is 0.350 e. The molecule has 1 aliphatic rings. The van der Waals surface area contributed by atoms with Crippen LogP contribution in [0.3, 0.4) is 0 Å². The van der Waals surface area contributed by atoms with E-state index in [1.54, 1.807) is 30.1 Å². The van der Waals surface area contributed by atoms with Crippen molar-refractivity contribution in [2.45, 2.75) is 25.4 Å². The number of nitrogens with zero attached hydrogens (tertiary/aromatic N) is 2. The first-order valence-corrected chi connectivity index (χ1v) is 8.30. The predicted molar refractivity (Wildman–Crippen MR) is 93.7 cm³/mol.